The molecule has 0 aliphatic heterocycles. The summed E-state index contributed by atoms with van der Waals surface area (Å²) >= 11 is 3.55. The van der Waals surface area contributed by atoms with Crippen LogP contribution in [-0.2, 0) is 0 Å². The average molecular weight is 537 g/mol. The van der Waals surface area contributed by atoms with E-state index in [1.165, 1.54) is 4.68 Å². The predicted octanol–water partition coefficient (Wildman–Crippen LogP) is 6.86. The topological polar surface area (TPSA) is 65.3 Å². The Morgan fingerprint density at radius 1 is 0.944 bits per heavy atom. The fourth-order valence-electron chi connectivity index (χ4n) is 4.53. The van der Waals surface area contributed by atoms with Crippen molar-refractivity contribution in [2.24, 2.45) is 5.10 Å². The second-order valence-electron chi connectivity index (χ2n) is 8.60. The van der Waals surface area contributed by atoms with Crippen LogP contribution in [0.15, 0.2) is 104 Å². The van der Waals surface area contributed by atoms with Crippen LogP contribution in [0.5, 0.6) is 0 Å². The molecular formula is C29H21BrN4O2. The first kappa shape index (κ1) is 22.2. The van der Waals surface area contributed by atoms with Gasteiger partial charge in [-0.05, 0) is 62.4 Å². The number of fused-ring (bicyclic) bond motifs is 2. The van der Waals surface area contributed by atoms with Gasteiger partial charge in [-0.2, -0.15) is 9.78 Å². The molecular weight excluding hydrogens is 516 g/mol. The first-order chi connectivity index (χ1) is 17.5. The van der Waals surface area contributed by atoms with Crippen LogP contribution in [0.4, 0.5) is 0 Å². The molecule has 3 aromatic carbocycles. The number of halogens is 1. The van der Waals surface area contributed by atoms with Gasteiger partial charge < -0.3 is 8.98 Å². The van der Waals surface area contributed by atoms with E-state index in [0.717, 1.165) is 38.1 Å². The van der Waals surface area contributed by atoms with E-state index in [4.69, 9.17) is 9.40 Å². The van der Waals surface area contributed by atoms with Crippen LogP contribution in [0, 0.1) is 13.8 Å². The summed E-state index contributed by atoms with van der Waals surface area (Å²) in [6.45, 7) is 4.09. The van der Waals surface area contributed by atoms with Crippen LogP contribution in [0.1, 0.15) is 17.0 Å². The van der Waals surface area contributed by atoms with Crippen molar-refractivity contribution in [3.63, 3.8) is 0 Å². The van der Waals surface area contributed by atoms with Crippen molar-refractivity contribution in [2.75, 3.05) is 0 Å². The largest absolute Gasteiger partial charge is 0.453 e. The van der Waals surface area contributed by atoms with E-state index < -0.39 is 0 Å². The summed E-state index contributed by atoms with van der Waals surface area (Å²) in [6.07, 6.45) is 1.71. The predicted molar refractivity (Wildman–Crippen MR) is 147 cm³/mol. The van der Waals surface area contributed by atoms with Gasteiger partial charge in [-0.1, -0.05) is 52.3 Å². The highest BCUT2D eigenvalue weighted by Crippen LogP contribution is 2.27. The highest BCUT2D eigenvalue weighted by atomic mass is 79.9. The molecule has 0 fully saturated rings. The van der Waals surface area contributed by atoms with Gasteiger partial charge in [0.25, 0.3) is 5.56 Å². The van der Waals surface area contributed by atoms with E-state index in [-0.39, 0.29) is 5.56 Å². The minimum atomic E-state index is -0.256. The molecule has 3 aromatic heterocycles. The van der Waals surface area contributed by atoms with Gasteiger partial charge >= 0.3 is 0 Å². The van der Waals surface area contributed by atoms with Crippen molar-refractivity contribution < 1.29 is 4.42 Å². The maximum Gasteiger partial charge on any atom is 0.282 e. The number of hydrogen-bond donors (Lipinski definition) is 0. The molecule has 0 bridgehead atoms. The van der Waals surface area contributed by atoms with Crippen molar-refractivity contribution in [2.45, 2.75) is 13.8 Å². The number of furan rings is 1. The lowest BCUT2D eigenvalue weighted by Crippen LogP contribution is -2.20. The van der Waals surface area contributed by atoms with Gasteiger partial charge in [0.1, 0.15) is 5.58 Å². The Morgan fingerprint density at radius 2 is 1.75 bits per heavy atom. The Hall–Kier alpha value is -4.23. The quantitative estimate of drug-likeness (QED) is 0.231. The molecule has 6 rings (SSSR count). The normalized spacial score (nSPS) is 11.8. The van der Waals surface area contributed by atoms with Gasteiger partial charge in [-0.25, -0.2) is 4.98 Å². The molecule has 0 radical (unpaired) electrons. The van der Waals surface area contributed by atoms with Crippen LogP contribution >= 0.6 is 15.9 Å². The zero-order chi connectivity index (χ0) is 24.8. The average Bonchev–Trinajstić information content (AvgIpc) is 3.43. The van der Waals surface area contributed by atoms with Gasteiger partial charge in [-0.3, -0.25) is 4.79 Å². The third-order valence-corrected chi connectivity index (χ3v) is 6.74. The monoisotopic (exact) mass is 536 g/mol. The lowest BCUT2D eigenvalue weighted by molar-refractivity contribution is 0.616. The summed E-state index contributed by atoms with van der Waals surface area (Å²) in [7, 11) is 0. The van der Waals surface area contributed by atoms with E-state index in [2.05, 4.69) is 50.7 Å². The van der Waals surface area contributed by atoms with E-state index in [1.807, 2.05) is 67.6 Å². The van der Waals surface area contributed by atoms with Gasteiger partial charge in [-0.15, -0.1) is 0 Å². The van der Waals surface area contributed by atoms with Crippen molar-refractivity contribution in [1.82, 2.24) is 14.2 Å². The molecule has 0 amide bonds. The fourth-order valence-corrected chi connectivity index (χ4v) is 4.92. The smallest absolute Gasteiger partial charge is 0.282 e. The second kappa shape index (κ2) is 8.77. The van der Waals surface area contributed by atoms with E-state index in [1.54, 1.807) is 12.3 Å². The number of benzene rings is 3. The molecule has 6 nitrogen and oxygen atoms in total. The third kappa shape index (κ3) is 3.78. The zero-order valence-corrected chi connectivity index (χ0v) is 21.2. The van der Waals surface area contributed by atoms with Crippen LogP contribution in [0.25, 0.3) is 39.1 Å². The van der Waals surface area contributed by atoms with Crippen LogP contribution in [-0.4, -0.2) is 20.4 Å². The first-order valence-electron chi connectivity index (χ1n) is 11.5. The summed E-state index contributed by atoms with van der Waals surface area (Å²) < 4.78 is 10.6. The Kier molecular flexibility index (Phi) is 5.42. The van der Waals surface area contributed by atoms with Crippen molar-refractivity contribution in [3.05, 3.63) is 117 Å². The number of hydrogen-bond acceptors (Lipinski definition) is 4. The summed E-state index contributed by atoms with van der Waals surface area (Å²) in [5, 5.41) is 6.06. The number of nitrogens with zero attached hydrogens (tertiary/aromatic N) is 4. The maximum absolute atomic E-state index is 13.5. The molecule has 3 heterocycles. The highest BCUT2D eigenvalue weighted by molar-refractivity contribution is 9.10. The molecule has 0 aliphatic carbocycles. The molecule has 0 atom stereocenters. The number of aryl methyl sites for hydroxylation is 1. The fraction of sp³-hybridized carbons (Fsp3) is 0.0690. The Bertz CT molecular complexity index is 1830. The van der Waals surface area contributed by atoms with Gasteiger partial charge in [0.15, 0.2) is 5.76 Å². The number of aromatic nitrogens is 3. The van der Waals surface area contributed by atoms with E-state index >= 15 is 0 Å². The highest BCUT2D eigenvalue weighted by Gasteiger charge is 2.17. The lowest BCUT2D eigenvalue weighted by atomic mass is 10.2. The van der Waals surface area contributed by atoms with E-state index in [0.29, 0.717) is 22.5 Å². The molecule has 0 aliphatic rings. The standard InChI is InChI=1S/C29H21BrN4O2/c1-18-14-21(19(2)33(18)23-10-7-9-22(30)16-23)17-31-34-28(27-15-20-8-3-6-13-26(20)36-27)32-25-12-5-4-11-24(25)29(34)35/h3-17H,1-2H3. The second-order valence-corrected chi connectivity index (χ2v) is 9.52. The van der Waals surface area contributed by atoms with Crippen molar-refractivity contribution in [1.29, 1.82) is 0 Å². The molecule has 0 unspecified atom stereocenters. The van der Waals surface area contributed by atoms with Gasteiger partial charge in [0.05, 0.1) is 17.1 Å². The summed E-state index contributed by atoms with van der Waals surface area (Å²) in [5.41, 5.74) is 5.10. The summed E-state index contributed by atoms with van der Waals surface area (Å²) in [4.78, 5) is 18.3. The summed E-state index contributed by atoms with van der Waals surface area (Å²) in [6, 6.07) is 27.1. The molecule has 36 heavy (non-hydrogen) atoms. The zero-order valence-electron chi connectivity index (χ0n) is 19.6. The Morgan fingerprint density at radius 3 is 2.58 bits per heavy atom. The van der Waals surface area contributed by atoms with Gasteiger partial charge in [0.2, 0.25) is 5.82 Å². The van der Waals surface area contributed by atoms with Crippen LogP contribution in [0.3, 0.4) is 0 Å². The van der Waals surface area contributed by atoms with Crippen LogP contribution in [0.2, 0.25) is 0 Å². The molecule has 6 aromatic rings. The molecule has 0 spiro atoms. The number of rotatable bonds is 4. The first-order valence-corrected chi connectivity index (χ1v) is 12.3. The minimum Gasteiger partial charge on any atom is -0.453 e. The summed E-state index contributed by atoms with van der Waals surface area (Å²) in [5.74, 6) is 0.836. The molecule has 7 heteroatoms. The van der Waals surface area contributed by atoms with Gasteiger partial charge in [0, 0.05) is 32.5 Å². The lowest BCUT2D eigenvalue weighted by Gasteiger charge is -2.10. The van der Waals surface area contributed by atoms with Crippen molar-refractivity contribution in [3.8, 4) is 17.3 Å². The maximum atomic E-state index is 13.5. The van der Waals surface area contributed by atoms with Crippen LogP contribution < -0.4 is 5.56 Å². The minimum absolute atomic E-state index is 0.256. The molecule has 0 saturated heterocycles. The Labute approximate surface area is 215 Å². The SMILES string of the molecule is Cc1cc(C=Nn2c(-c3cc4ccccc4o3)nc3ccccc3c2=O)c(C)n1-c1cccc(Br)c1. The number of para-hydroxylation sites is 2. The molecule has 176 valence electrons. The molecule has 0 saturated carbocycles. The van der Waals surface area contributed by atoms with Crippen molar-refractivity contribution >= 4 is 44.0 Å². The third-order valence-electron chi connectivity index (χ3n) is 6.25. The molecule has 0 N–H and O–H groups in total. The van der Waals surface area contributed by atoms with E-state index in [9.17, 15) is 4.79 Å². The Balaban J connectivity index is 1.52.